The average Bonchev–Trinajstić information content (AvgIpc) is 2.49. The number of unbranched alkanes of at least 4 members (excludes halogenated alkanes) is 1. The molecule has 2 rings (SSSR count). The number of hydrogen-bond donors (Lipinski definition) is 1. The highest BCUT2D eigenvalue weighted by atomic mass is 35.5. The van der Waals surface area contributed by atoms with Gasteiger partial charge >= 0.3 is 0 Å². The summed E-state index contributed by atoms with van der Waals surface area (Å²) in [6.45, 7) is 8.07. The van der Waals surface area contributed by atoms with Gasteiger partial charge in [0.05, 0.1) is 6.42 Å². The van der Waals surface area contributed by atoms with E-state index in [9.17, 15) is 4.79 Å². The minimum atomic E-state index is 0. The number of nitrogens with two attached hydrogens (primary N) is 1. The summed E-state index contributed by atoms with van der Waals surface area (Å²) in [4.78, 5) is 14.5. The molecular weight excluding hydrogens is 308 g/mol. The van der Waals surface area contributed by atoms with Crippen LogP contribution in [0.5, 0.6) is 0 Å². The Morgan fingerprint density at radius 3 is 2.43 bits per heavy atom. The van der Waals surface area contributed by atoms with Crippen LogP contribution in [0.1, 0.15) is 51.2 Å². The van der Waals surface area contributed by atoms with Gasteiger partial charge in [0.25, 0.3) is 0 Å². The topological polar surface area (TPSA) is 46.3 Å². The summed E-state index contributed by atoms with van der Waals surface area (Å²) in [6.07, 6.45) is 4.96. The maximum Gasteiger partial charge on any atom is 0.227 e. The fraction of sp³-hybridized carbons (Fsp3) is 0.632. The van der Waals surface area contributed by atoms with Gasteiger partial charge in [-0.15, -0.1) is 12.4 Å². The molecule has 3 nitrogen and oxygen atoms in total. The molecule has 1 unspecified atom stereocenters. The number of piperidine rings is 1. The first-order chi connectivity index (χ1) is 10.4. The van der Waals surface area contributed by atoms with Crippen LogP contribution in [-0.2, 0) is 17.6 Å². The van der Waals surface area contributed by atoms with Crippen LogP contribution >= 0.6 is 12.4 Å². The molecule has 1 heterocycles. The zero-order valence-corrected chi connectivity index (χ0v) is 15.5. The monoisotopic (exact) mass is 338 g/mol. The largest absolute Gasteiger partial charge is 0.342 e. The minimum absolute atomic E-state index is 0. The third kappa shape index (κ3) is 5.50. The second-order valence-electron chi connectivity index (χ2n) is 7.30. The molecule has 130 valence electrons. The first-order valence-electron chi connectivity index (χ1n) is 8.53. The maximum atomic E-state index is 12.5. The predicted octanol–water partition coefficient (Wildman–Crippen LogP) is 3.58. The molecule has 0 spiro atoms. The lowest BCUT2D eigenvalue weighted by Crippen LogP contribution is -2.54. The van der Waals surface area contributed by atoms with Crippen molar-refractivity contribution in [2.75, 3.05) is 13.1 Å². The molecule has 1 aromatic carbocycles. The molecule has 1 fully saturated rings. The summed E-state index contributed by atoms with van der Waals surface area (Å²) >= 11 is 0. The zero-order chi connectivity index (χ0) is 16.2. The summed E-state index contributed by atoms with van der Waals surface area (Å²) in [7, 11) is 0. The molecule has 0 aromatic heterocycles. The summed E-state index contributed by atoms with van der Waals surface area (Å²) in [5, 5.41) is 0. The van der Waals surface area contributed by atoms with Crippen molar-refractivity contribution in [1.82, 2.24) is 4.90 Å². The Labute approximate surface area is 147 Å². The molecule has 1 aromatic rings. The van der Waals surface area contributed by atoms with Crippen LogP contribution in [-0.4, -0.2) is 29.9 Å². The molecule has 2 N–H and O–H groups in total. The summed E-state index contributed by atoms with van der Waals surface area (Å²) in [5.74, 6) is 0.223. The standard InChI is InChI=1S/C19H30N2O.ClH/c1-4-5-6-15-7-9-16(10-8-15)13-18(22)21-12-11-17(20)19(2,3)14-21;/h7-10,17H,4-6,11-14,20H2,1-3H3;1H. The fourth-order valence-electron chi connectivity index (χ4n) is 3.08. The first-order valence-corrected chi connectivity index (χ1v) is 8.53. The van der Waals surface area contributed by atoms with Gasteiger partial charge in [-0.05, 0) is 35.8 Å². The first kappa shape index (κ1) is 20.0. The van der Waals surface area contributed by atoms with E-state index in [0.717, 1.165) is 31.5 Å². The van der Waals surface area contributed by atoms with Crippen LogP contribution in [0, 0.1) is 5.41 Å². The smallest absolute Gasteiger partial charge is 0.227 e. The minimum Gasteiger partial charge on any atom is -0.342 e. The normalized spacial score (nSPS) is 20.0. The van der Waals surface area contributed by atoms with Gasteiger partial charge in [0.15, 0.2) is 0 Å². The SMILES string of the molecule is CCCCc1ccc(CC(=O)N2CCC(N)C(C)(C)C2)cc1.Cl. The van der Waals surface area contributed by atoms with Crippen molar-refractivity contribution in [1.29, 1.82) is 0 Å². The highest BCUT2D eigenvalue weighted by molar-refractivity contribution is 5.85. The highest BCUT2D eigenvalue weighted by Crippen LogP contribution is 2.28. The van der Waals surface area contributed by atoms with Crippen LogP contribution in [0.3, 0.4) is 0 Å². The van der Waals surface area contributed by atoms with Crippen molar-refractivity contribution in [2.45, 2.75) is 58.9 Å². The molecule has 1 amide bonds. The van der Waals surface area contributed by atoms with Gasteiger partial charge < -0.3 is 10.6 Å². The van der Waals surface area contributed by atoms with Crippen molar-refractivity contribution in [2.24, 2.45) is 11.1 Å². The molecule has 1 aliphatic rings. The van der Waals surface area contributed by atoms with Crippen molar-refractivity contribution in [3.8, 4) is 0 Å². The number of amides is 1. The fourth-order valence-corrected chi connectivity index (χ4v) is 3.08. The number of rotatable bonds is 5. The van der Waals surface area contributed by atoms with Gasteiger partial charge in [0.1, 0.15) is 0 Å². The van der Waals surface area contributed by atoms with Gasteiger partial charge in [-0.2, -0.15) is 0 Å². The predicted molar refractivity (Wildman–Crippen MR) is 99.0 cm³/mol. The molecule has 1 saturated heterocycles. The van der Waals surface area contributed by atoms with E-state index in [1.165, 1.54) is 18.4 Å². The molecular formula is C19H31ClN2O. The average molecular weight is 339 g/mol. The number of carbonyl (C=O) groups excluding carboxylic acids is 1. The molecule has 0 aliphatic carbocycles. The van der Waals surface area contributed by atoms with E-state index in [1.807, 2.05) is 4.90 Å². The van der Waals surface area contributed by atoms with Crippen LogP contribution < -0.4 is 5.73 Å². The number of carbonyl (C=O) groups is 1. The lowest BCUT2D eigenvalue weighted by atomic mass is 9.79. The molecule has 1 aliphatic heterocycles. The molecule has 1 atom stereocenters. The Bertz CT molecular complexity index is 499. The van der Waals surface area contributed by atoms with Crippen LogP contribution in [0.15, 0.2) is 24.3 Å². The lowest BCUT2D eigenvalue weighted by molar-refractivity contribution is -0.133. The van der Waals surface area contributed by atoms with E-state index in [-0.39, 0.29) is 29.8 Å². The van der Waals surface area contributed by atoms with E-state index in [2.05, 4.69) is 45.0 Å². The second kappa shape index (κ2) is 8.70. The summed E-state index contributed by atoms with van der Waals surface area (Å²) in [5.41, 5.74) is 8.63. The number of halogens is 1. The Morgan fingerprint density at radius 2 is 1.87 bits per heavy atom. The molecule has 23 heavy (non-hydrogen) atoms. The second-order valence-corrected chi connectivity index (χ2v) is 7.30. The Balaban J connectivity index is 0.00000264. The highest BCUT2D eigenvalue weighted by Gasteiger charge is 2.35. The van der Waals surface area contributed by atoms with Crippen molar-refractivity contribution in [3.05, 3.63) is 35.4 Å². The van der Waals surface area contributed by atoms with E-state index < -0.39 is 0 Å². The molecule has 0 saturated carbocycles. The van der Waals surface area contributed by atoms with Crippen LogP contribution in [0.4, 0.5) is 0 Å². The van der Waals surface area contributed by atoms with Crippen molar-refractivity contribution >= 4 is 18.3 Å². The molecule has 0 radical (unpaired) electrons. The lowest BCUT2D eigenvalue weighted by Gasteiger charge is -2.42. The van der Waals surface area contributed by atoms with Gasteiger partial charge in [-0.3, -0.25) is 4.79 Å². The van der Waals surface area contributed by atoms with Gasteiger partial charge in [0.2, 0.25) is 5.91 Å². The Morgan fingerprint density at radius 1 is 1.26 bits per heavy atom. The Kier molecular flexibility index (Phi) is 7.56. The molecule has 4 heteroatoms. The van der Waals surface area contributed by atoms with Crippen molar-refractivity contribution in [3.63, 3.8) is 0 Å². The number of hydrogen-bond acceptors (Lipinski definition) is 2. The quantitative estimate of drug-likeness (QED) is 0.892. The third-order valence-corrected chi connectivity index (χ3v) is 4.86. The van der Waals surface area contributed by atoms with E-state index in [4.69, 9.17) is 5.73 Å². The van der Waals surface area contributed by atoms with E-state index >= 15 is 0 Å². The van der Waals surface area contributed by atoms with Gasteiger partial charge in [0, 0.05) is 19.1 Å². The number of benzene rings is 1. The van der Waals surface area contributed by atoms with Crippen LogP contribution in [0.2, 0.25) is 0 Å². The Hall–Kier alpha value is -1.06. The number of aryl methyl sites for hydroxylation is 1. The molecule has 0 bridgehead atoms. The number of likely N-dealkylation sites (tertiary alicyclic amines) is 1. The zero-order valence-electron chi connectivity index (χ0n) is 14.7. The van der Waals surface area contributed by atoms with Crippen molar-refractivity contribution < 1.29 is 4.79 Å². The summed E-state index contributed by atoms with van der Waals surface area (Å²) < 4.78 is 0. The van der Waals surface area contributed by atoms with E-state index in [1.54, 1.807) is 0 Å². The van der Waals surface area contributed by atoms with Gasteiger partial charge in [-0.1, -0.05) is 51.5 Å². The van der Waals surface area contributed by atoms with E-state index in [0.29, 0.717) is 6.42 Å². The summed E-state index contributed by atoms with van der Waals surface area (Å²) in [6, 6.07) is 8.71. The van der Waals surface area contributed by atoms with Crippen LogP contribution in [0.25, 0.3) is 0 Å². The van der Waals surface area contributed by atoms with Gasteiger partial charge in [-0.25, -0.2) is 0 Å². The number of nitrogens with zero attached hydrogens (tertiary/aromatic N) is 1. The maximum absolute atomic E-state index is 12.5. The third-order valence-electron chi connectivity index (χ3n) is 4.86.